The fourth-order valence-corrected chi connectivity index (χ4v) is 6.48. The molecule has 2 aliphatic carbocycles. The molecule has 9 nitrogen and oxygen atoms in total. The largest absolute Gasteiger partial charge is 0.493 e. The number of esters is 3. The van der Waals surface area contributed by atoms with E-state index < -0.39 is 53.4 Å². The van der Waals surface area contributed by atoms with Crippen molar-refractivity contribution in [1.82, 2.24) is 4.90 Å². The minimum absolute atomic E-state index is 0.0529. The molecule has 0 N–H and O–H groups in total. The first-order valence-electron chi connectivity index (χ1n) is 11.8. The van der Waals surface area contributed by atoms with E-state index in [-0.39, 0.29) is 18.6 Å². The molecule has 5 rings (SSSR count). The topological polar surface area (TPSA) is 101 Å². The van der Waals surface area contributed by atoms with Crippen molar-refractivity contribution >= 4 is 17.9 Å². The molecule has 2 heterocycles. The van der Waals surface area contributed by atoms with Crippen LogP contribution in [0.2, 0.25) is 0 Å². The summed E-state index contributed by atoms with van der Waals surface area (Å²) < 4.78 is 68.4. The van der Waals surface area contributed by atoms with Crippen LogP contribution in [0.4, 0.5) is 13.2 Å². The first kappa shape index (κ1) is 25.4. The third-order valence-corrected chi connectivity index (χ3v) is 7.92. The second-order valence-corrected chi connectivity index (χ2v) is 9.81. The van der Waals surface area contributed by atoms with Crippen LogP contribution in [-0.2, 0) is 40.4 Å². The minimum atomic E-state index is -5.21. The van der Waals surface area contributed by atoms with Crippen LogP contribution in [0, 0.1) is 0 Å². The number of piperidine rings is 1. The Kier molecular flexibility index (Phi) is 5.74. The molecule has 1 aromatic rings. The molecule has 200 valence electrons. The van der Waals surface area contributed by atoms with Gasteiger partial charge in [-0.05, 0) is 51.1 Å². The van der Waals surface area contributed by atoms with Crippen molar-refractivity contribution in [2.45, 2.75) is 68.6 Å². The number of rotatable bonds is 5. The fourth-order valence-electron chi connectivity index (χ4n) is 6.48. The number of likely N-dealkylation sites (tertiary alicyclic amines) is 1. The molecule has 0 radical (unpaired) electrons. The lowest BCUT2D eigenvalue weighted by molar-refractivity contribution is -0.242. The van der Waals surface area contributed by atoms with E-state index in [0.29, 0.717) is 30.0 Å². The first-order chi connectivity index (χ1) is 17.4. The Morgan fingerprint density at radius 3 is 2.62 bits per heavy atom. The first-order valence-corrected chi connectivity index (χ1v) is 11.8. The van der Waals surface area contributed by atoms with Gasteiger partial charge in [-0.25, -0.2) is 9.59 Å². The van der Waals surface area contributed by atoms with Crippen molar-refractivity contribution in [1.29, 1.82) is 0 Å². The second-order valence-electron chi connectivity index (χ2n) is 9.81. The van der Waals surface area contributed by atoms with Gasteiger partial charge in [0, 0.05) is 18.9 Å². The lowest BCUT2D eigenvalue weighted by Gasteiger charge is -2.62. The van der Waals surface area contributed by atoms with E-state index in [2.05, 4.69) is 0 Å². The maximum Gasteiger partial charge on any atom is 0.490 e. The molecule has 1 fully saturated rings. The van der Waals surface area contributed by atoms with Crippen LogP contribution in [0.3, 0.4) is 0 Å². The van der Waals surface area contributed by atoms with E-state index in [4.69, 9.17) is 23.7 Å². The van der Waals surface area contributed by atoms with Crippen LogP contribution < -0.4 is 9.47 Å². The maximum absolute atomic E-state index is 13.5. The number of ether oxygens (including phenoxy) is 5. The summed E-state index contributed by atoms with van der Waals surface area (Å²) in [5.74, 6) is -3.11. The Morgan fingerprint density at radius 1 is 1.24 bits per heavy atom. The van der Waals surface area contributed by atoms with Gasteiger partial charge in [-0.1, -0.05) is 6.07 Å². The van der Waals surface area contributed by atoms with Crippen LogP contribution in [0.15, 0.2) is 24.0 Å². The third-order valence-electron chi connectivity index (χ3n) is 7.92. The molecule has 2 bridgehead atoms. The van der Waals surface area contributed by atoms with Gasteiger partial charge in [0.1, 0.15) is 11.4 Å². The molecule has 5 atom stereocenters. The van der Waals surface area contributed by atoms with E-state index >= 15 is 0 Å². The van der Waals surface area contributed by atoms with Gasteiger partial charge < -0.3 is 23.7 Å². The lowest BCUT2D eigenvalue weighted by Crippen LogP contribution is -2.76. The van der Waals surface area contributed by atoms with Gasteiger partial charge in [-0.3, -0.25) is 9.69 Å². The number of carbonyl (C=O) groups is 3. The summed E-state index contributed by atoms with van der Waals surface area (Å²) >= 11 is 0. The normalized spacial score (nSPS) is 30.3. The molecular formula is C25H26F3NO8. The molecule has 1 spiro atoms. The van der Waals surface area contributed by atoms with Gasteiger partial charge in [0.2, 0.25) is 0 Å². The molecular weight excluding hydrogens is 499 g/mol. The molecule has 37 heavy (non-hydrogen) atoms. The van der Waals surface area contributed by atoms with E-state index in [0.717, 1.165) is 12.5 Å². The highest BCUT2D eigenvalue weighted by molar-refractivity contribution is 5.80. The molecule has 2 aliphatic heterocycles. The van der Waals surface area contributed by atoms with Gasteiger partial charge in [-0.15, -0.1) is 0 Å². The summed E-state index contributed by atoms with van der Waals surface area (Å²) in [6.45, 7) is 2.96. The van der Waals surface area contributed by atoms with Crippen LogP contribution in [0.1, 0.15) is 37.8 Å². The van der Waals surface area contributed by atoms with Crippen LogP contribution in [-0.4, -0.2) is 73.5 Å². The average Bonchev–Trinajstić information content (AvgIpc) is 3.17. The van der Waals surface area contributed by atoms with Crippen LogP contribution in [0.25, 0.3) is 0 Å². The molecule has 1 aromatic carbocycles. The summed E-state index contributed by atoms with van der Waals surface area (Å²) in [6.07, 6.45) is -5.66. The Bertz CT molecular complexity index is 1210. The molecule has 0 amide bonds. The molecule has 12 heteroatoms. The van der Waals surface area contributed by atoms with Crippen molar-refractivity contribution in [2.24, 2.45) is 0 Å². The number of likely N-dealkylation sites (N-methyl/N-ethyl adjacent to an activating group) is 1. The molecule has 2 unspecified atom stereocenters. The number of carbonyl (C=O) groups excluding carboxylic acids is 3. The van der Waals surface area contributed by atoms with Crippen molar-refractivity contribution in [3.8, 4) is 11.5 Å². The zero-order chi connectivity index (χ0) is 26.9. The predicted molar refractivity (Wildman–Crippen MR) is 119 cm³/mol. The quantitative estimate of drug-likeness (QED) is 0.424. The molecule has 0 saturated carbocycles. The number of alkyl halides is 3. The Morgan fingerprint density at radius 2 is 1.97 bits per heavy atom. The van der Waals surface area contributed by atoms with Crippen LogP contribution in [0.5, 0.6) is 11.5 Å². The van der Waals surface area contributed by atoms with E-state index in [1.807, 2.05) is 11.0 Å². The smallest absolute Gasteiger partial charge is 0.490 e. The van der Waals surface area contributed by atoms with E-state index in [1.54, 1.807) is 13.1 Å². The molecule has 4 aliphatic rings. The zero-order valence-corrected chi connectivity index (χ0v) is 20.6. The van der Waals surface area contributed by atoms with Gasteiger partial charge in [0.05, 0.1) is 18.6 Å². The third kappa shape index (κ3) is 3.52. The SMILES string of the molecule is COc1ccc2c3c1O[C@H]1C(OC(=O)C(C)OC(C)=O)=CC[C@@]4(OC(=O)C(F)(F)F)C(C2)N(C)CC[C@]314. The highest BCUT2D eigenvalue weighted by Crippen LogP contribution is 2.66. The predicted octanol–water partition coefficient (Wildman–Crippen LogP) is 2.58. The summed E-state index contributed by atoms with van der Waals surface area (Å²) in [6, 6.07) is 2.95. The van der Waals surface area contributed by atoms with Gasteiger partial charge in [-0.2, -0.15) is 13.2 Å². The number of methoxy groups -OCH3 is 1. The Balaban J connectivity index is 1.68. The summed E-state index contributed by atoms with van der Waals surface area (Å²) in [5, 5.41) is 0. The number of hydrogen-bond acceptors (Lipinski definition) is 9. The van der Waals surface area contributed by atoms with Crippen molar-refractivity contribution in [2.75, 3.05) is 20.7 Å². The average molecular weight is 525 g/mol. The zero-order valence-electron chi connectivity index (χ0n) is 20.6. The monoisotopic (exact) mass is 525 g/mol. The number of halogens is 3. The molecule has 0 aromatic heterocycles. The summed E-state index contributed by atoms with van der Waals surface area (Å²) in [7, 11) is 3.22. The van der Waals surface area contributed by atoms with Gasteiger partial charge >= 0.3 is 24.1 Å². The minimum Gasteiger partial charge on any atom is -0.493 e. The van der Waals surface area contributed by atoms with Gasteiger partial charge in [0.25, 0.3) is 0 Å². The lowest BCUT2D eigenvalue weighted by atomic mass is 9.50. The van der Waals surface area contributed by atoms with E-state index in [1.165, 1.54) is 20.1 Å². The summed E-state index contributed by atoms with van der Waals surface area (Å²) in [5.41, 5.74) is -1.50. The van der Waals surface area contributed by atoms with Crippen molar-refractivity contribution < 1.29 is 51.2 Å². The number of hydrogen-bond donors (Lipinski definition) is 0. The summed E-state index contributed by atoms with van der Waals surface area (Å²) in [4.78, 5) is 38.3. The van der Waals surface area contributed by atoms with E-state index in [9.17, 15) is 27.6 Å². The Hall–Kier alpha value is -3.28. The number of benzene rings is 1. The maximum atomic E-state index is 13.5. The highest BCUT2D eigenvalue weighted by Gasteiger charge is 2.75. The Labute approximate surface area is 210 Å². The number of nitrogens with zero attached hydrogens (tertiary/aromatic N) is 1. The second kappa shape index (κ2) is 8.37. The van der Waals surface area contributed by atoms with Crippen LogP contribution >= 0.6 is 0 Å². The van der Waals surface area contributed by atoms with Crippen molar-refractivity contribution in [3.63, 3.8) is 0 Å². The standard InChI is InChI=1S/C25H26F3NO8/c1-12(34-13(2)30)21(31)35-16-7-8-24(37-22(32)25(26,27)28)17-11-14-5-6-15(33-4)19-18(14)23(24,20(16)36-19)9-10-29(17)3/h5-7,12,17,20H,8-11H2,1-4H3/t12?,17?,20-,23-,24+/m0/s1. The van der Waals surface area contributed by atoms with Crippen molar-refractivity contribution in [3.05, 3.63) is 35.1 Å². The highest BCUT2D eigenvalue weighted by atomic mass is 19.4. The fraction of sp³-hybridized carbons (Fsp3) is 0.560. The van der Waals surface area contributed by atoms with Gasteiger partial charge in [0.15, 0.2) is 23.7 Å². The molecule has 1 saturated heterocycles.